The molecule has 0 unspecified atom stereocenters. The summed E-state index contributed by atoms with van der Waals surface area (Å²) in [4.78, 5) is 0. The lowest BCUT2D eigenvalue weighted by Crippen LogP contribution is -2.26. The van der Waals surface area contributed by atoms with Crippen molar-refractivity contribution in [3.63, 3.8) is 0 Å². The summed E-state index contributed by atoms with van der Waals surface area (Å²) in [6, 6.07) is 5.91. The molecule has 1 rings (SSSR count). The highest BCUT2D eigenvalue weighted by Crippen LogP contribution is 2.09. The van der Waals surface area contributed by atoms with Crippen LogP contribution in [-0.4, -0.2) is 19.1 Å². The van der Waals surface area contributed by atoms with Crippen molar-refractivity contribution in [1.82, 2.24) is 10.6 Å². The van der Waals surface area contributed by atoms with E-state index >= 15 is 0 Å². The van der Waals surface area contributed by atoms with Crippen molar-refractivity contribution < 1.29 is 4.39 Å². The molecular formula is C14H23FN2. The minimum atomic E-state index is -0.113. The van der Waals surface area contributed by atoms with Crippen LogP contribution in [0.4, 0.5) is 4.39 Å². The van der Waals surface area contributed by atoms with Crippen LogP contribution in [0.5, 0.6) is 0 Å². The van der Waals surface area contributed by atoms with Crippen LogP contribution in [0.3, 0.4) is 0 Å². The molecule has 1 aromatic carbocycles. The van der Waals surface area contributed by atoms with Crippen LogP contribution in [0.15, 0.2) is 18.2 Å². The zero-order chi connectivity index (χ0) is 12.7. The number of hydrogen-bond acceptors (Lipinski definition) is 2. The van der Waals surface area contributed by atoms with E-state index < -0.39 is 0 Å². The van der Waals surface area contributed by atoms with Crippen LogP contribution in [-0.2, 0) is 6.54 Å². The Morgan fingerprint density at radius 3 is 2.65 bits per heavy atom. The van der Waals surface area contributed by atoms with Gasteiger partial charge in [0.05, 0.1) is 0 Å². The van der Waals surface area contributed by atoms with Gasteiger partial charge in [-0.2, -0.15) is 0 Å². The van der Waals surface area contributed by atoms with Crippen molar-refractivity contribution in [1.29, 1.82) is 0 Å². The Bertz CT molecular complexity index is 337. The van der Waals surface area contributed by atoms with E-state index in [1.165, 1.54) is 0 Å². The maximum atomic E-state index is 13.5. The first-order valence-electron chi connectivity index (χ1n) is 6.28. The summed E-state index contributed by atoms with van der Waals surface area (Å²) < 4.78 is 13.5. The lowest BCUT2D eigenvalue weighted by Gasteiger charge is -2.09. The predicted octanol–water partition coefficient (Wildman–Crippen LogP) is 2.61. The third-order valence-electron chi connectivity index (χ3n) is 2.61. The molecule has 0 fully saturated rings. The minimum Gasteiger partial charge on any atom is -0.314 e. The van der Waals surface area contributed by atoms with E-state index in [2.05, 4.69) is 24.5 Å². The Labute approximate surface area is 104 Å². The van der Waals surface area contributed by atoms with Gasteiger partial charge in [-0.1, -0.05) is 26.0 Å². The number of benzene rings is 1. The molecule has 1 aromatic rings. The number of hydrogen-bond donors (Lipinski definition) is 2. The van der Waals surface area contributed by atoms with Gasteiger partial charge in [-0.15, -0.1) is 0 Å². The van der Waals surface area contributed by atoms with Crippen LogP contribution in [0.2, 0.25) is 0 Å². The third kappa shape index (κ3) is 5.80. The summed E-state index contributed by atoms with van der Waals surface area (Å²) in [5, 5.41) is 6.60. The first kappa shape index (κ1) is 14.1. The number of halogens is 1. The maximum Gasteiger partial charge on any atom is 0.127 e. The summed E-state index contributed by atoms with van der Waals surface area (Å²) >= 11 is 0. The van der Waals surface area contributed by atoms with Crippen LogP contribution in [0.25, 0.3) is 0 Å². The van der Waals surface area contributed by atoms with E-state index in [1.807, 2.05) is 19.1 Å². The lowest BCUT2D eigenvalue weighted by atomic mass is 10.1. The van der Waals surface area contributed by atoms with Gasteiger partial charge in [-0.05, 0) is 38.1 Å². The number of aryl methyl sites for hydroxylation is 1. The fourth-order valence-electron chi connectivity index (χ4n) is 1.62. The summed E-state index contributed by atoms with van der Waals surface area (Å²) in [6.07, 6.45) is 1.06. The molecule has 96 valence electrons. The van der Waals surface area contributed by atoms with Crippen LogP contribution in [0, 0.1) is 12.7 Å². The van der Waals surface area contributed by atoms with Crippen molar-refractivity contribution in [2.24, 2.45) is 0 Å². The fourth-order valence-corrected chi connectivity index (χ4v) is 1.62. The molecule has 0 aromatic heterocycles. The molecule has 17 heavy (non-hydrogen) atoms. The zero-order valence-corrected chi connectivity index (χ0v) is 11.0. The van der Waals surface area contributed by atoms with Crippen molar-refractivity contribution >= 4 is 0 Å². The molecule has 0 aliphatic rings. The van der Waals surface area contributed by atoms with Crippen molar-refractivity contribution in [2.75, 3.05) is 13.1 Å². The van der Waals surface area contributed by atoms with E-state index in [-0.39, 0.29) is 5.82 Å². The summed E-state index contributed by atoms with van der Waals surface area (Å²) in [5.74, 6) is -0.113. The van der Waals surface area contributed by atoms with Gasteiger partial charge in [0.2, 0.25) is 0 Å². The Hall–Kier alpha value is -0.930. The second-order valence-corrected chi connectivity index (χ2v) is 4.73. The van der Waals surface area contributed by atoms with Crippen molar-refractivity contribution in [3.05, 3.63) is 35.1 Å². The summed E-state index contributed by atoms with van der Waals surface area (Å²) in [5.41, 5.74) is 1.71. The first-order chi connectivity index (χ1) is 8.09. The van der Waals surface area contributed by atoms with Gasteiger partial charge in [0, 0.05) is 18.2 Å². The third-order valence-corrected chi connectivity index (χ3v) is 2.61. The Balaban J connectivity index is 2.18. The highest BCUT2D eigenvalue weighted by molar-refractivity contribution is 5.23. The highest BCUT2D eigenvalue weighted by Gasteiger charge is 2.01. The second kappa shape index (κ2) is 7.41. The van der Waals surface area contributed by atoms with Gasteiger partial charge < -0.3 is 10.6 Å². The molecule has 0 aliphatic heterocycles. The van der Waals surface area contributed by atoms with Crippen molar-refractivity contribution in [2.45, 2.75) is 39.8 Å². The molecule has 0 atom stereocenters. The SMILES string of the molecule is Cc1ccc(CNCCCNC(C)C)c(F)c1. The normalized spacial score (nSPS) is 11.1. The summed E-state index contributed by atoms with van der Waals surface area (Å²) in [7, 11) is 0. The molecule has 0 aliphatic carbocycles. The van der Waals surface area contributed by atoms with Gasteiger partial charge in [0.15, 0.2) is 0 Å². The average Bonchev–Trinajstić information content (AvgIpc) is 2.25. The largest absolute Gasteiger partial charge is 0.314 e. The average molecular weight is 238 g/mol. The zero-order valence-electron chi connectivity index (χ0n) is 11.0. The molecule has 2 nitrogen and oxygen atoms in total. The van der Waals surface area contributed by atoms with E-state index in [9.17, 15) is 4.39 Å². The van der Waals surface area contributed by atoms with Crippen LogP contribution < -0.4 is 10.6 Å². The number of nitrogens with one attached hydrogen (secondary N) is 2. The van der Waals surface area contributed by atoms with Gasteiger partial charge in [0.25, 0.3) is 0 Å². The quantitative estimate of drug-likeness (QED) is 0.714. The predicted molar refractivity (Wildman–Crippen MR) is 70.6 cm³/mol. The molecule has 0 saturated heterocycles. The first-order valence-corrected chi connectivity index (χ1v) is 6.28. The monoisotopic (exact) mass is 238 g/mol. The smallest absolute Gasteiger partial charge is 0.127 e. The fraction of sp³-hybridized carbons (Fsp3) is 0.571. The molecule has 0 bridgehead atoms. The standard InChI is InChI=1S/C14H23FN2/c1-11(2)17-8-4-7-16-10-13-6-5-12(3)9-14(13)15/h5-6,9,11,16-17H,4,7-8,10H2,1-3H3. The molecular weight excluding hydrogens is 215 g/mol. The molecule has 0 saturated carbocycles. The summed E-state index contributed by atoms with van der Waals surface area (Å²) in [6.45, 7) is 8.68. The van der Waals surface area contributed by atoms with E-state index in [0.29, 0.717) is 12.6 Å². The topological polar surface area (TPSA) is 24.1 Å². The molecule has 0 radical (unpaired) electrons. The molecule has 0 spiro atoms. The minimum absolute atomic E-state index is 0.113. The lowest BCUT2D eigenvalue weighted by molar-refractivity contribution is 0.539. The second-order valence-electron chi connectivity index (χ2n) is 4.73. The highest BCUT2D eigenvalue weighted by atomic mass is 19.1. The van der Waals surface area contributed by atoms with Crippen molar-refractivity contribution in [3.8, 4) is 0 Å². The van der Waals surface area contributed by atoms with Crippen LogP contribution >= 0.6 is 0 Å². The molecule has 2 N–H and O–H groups in total. The Morgan fingerprint density at radius 2 is 2.00 bits per heavy atom. The van der Waals surface area contributed by atoms with E-state index in [0.717, 1.165) is 30.6 Å². The van der Waals surface area contributed by atoms with Gasteiger partial charge in [0.1, 0.15) is 5.82 Å². The molecule has 0 amide bonds. The van der Waals surface area contributed by atoms with Crippen LogP contribution in [0.1, 0.15) is 31.4 Å². The van der Waals surface area contributed by atoms with E-state index in [1.54, 1.807) is 6.07 Å². The van der Waals surface area contributed by atoms with Gasteiger partial charge >= 0.3 is 0 Å². The molecule has 3 heteroatoms. The Morgan fingerprint density at radius 1 is 1.24 bits per heavy atom. The number of rotatable bonds is 7. The Kier molecular flexibility index (Phi) is 6.16. The van der Waals surface area contributed by atoms with E-state index in [4.69, 9.17) is 0 Å². The van der Waals surface area contributed by atoms with Gasteiger partial charge in [-0.3, -0.25) is 0 Å². The molecule has 0 heterocycles. The maximum absolute atomic E-state index is 13.5. The van der Waals surface area contributed by atoms with Gasteiger partial charge in [-0.25, -0.2) is 4.39 Å².